The number of rotatable bonds is 7. The van der Waals surface area contributed by atoms with E-state index in [0.717, 1.165) is 5.56 Å². The number of aromatic nitrogens is 4. The molecule has 0 spiro atoms. The summed E-state index contributed by atoms with van der Waals surface area (Å²) in [6.07, 6.45) is 6.07. The topological polar surface area (TPSA) is 85.8 Å². The van der Waals surface area contributed by atoms with Crippen molar-refractivity contribution in [3.63, 3.8) is 0 Å². The van der Waals surface area contributed by atoms with Gasteiger partial charge in [0.1, 0.15) is 0 Å². The van der Waals surface area contributed by atoms with Crippen molar-refractivity contribution in [1.82, 2.24) is 25.1 Å². The zero-order chi connectivity index (χ0) is 16.1. The van der Waals surface area contributed by atoms with Gasteiger partial charge in [-0.05, 0) is 18.4 Å². The first-order chi connectivity index (χ1) is 11.2. The minimum absolute atomic E-state index is 0.0285. The molecule has 0 aliphatic carbocycles. The lowest BCUT2D eigenvalue weighted by Crippen LogP contribution is -2.35. The van der Waals surface area contributed by atoms with Crippen LogP contribution in [0.15, 0.2) is 40.0 Å². The smallest absolute Gasteiger partial charge is 0.248 e. The summed E-state index contributed by atoms with van der Waals surface area (Å²) in [5.41, 5.74) is 0.909. The Morgan fingerprint density at radius 3 is 3.13 bits per heavy atom. The highest BCUT2D eigenvalue weighted by molar-refractivity contribution is 7.08. The Balaban J connectivity index is 1.45. The van der Waals surface area contributed by atoms with Crippen molar-refractivity contribution in [2.45, 2.75) is 32.4 Å². The van der Waals surface area contributed by atoms with Gasteiger partial charge < -0.3 is 14.3 Å². The number of nitrogens with zero attached hydrogens (tertiary/aromatic N) is 4. The first-order valence-corrected chi connectivity index (χ1v) is 8.25. The lowest BCUT2D eigenvalue weighted by Gasteiger charge is -2.13. The molecule has 0 unspecified atom stereocenters. The molecule has 8 heteroatoms. The van der Waals surface area contributed by atoms with E-state index in [4.69, 9.17) is 4.42 Å². The molecule has 0 aromatic carbocycles. The first kappa shape index (κ1) is 15.4. The van der Waals surface area contributed by atoms with E-state index < -0.39 is 0 Å². The Morgan fingerprint density at radius 1 is 1.48 bits per heavy atom. The van der Waals surface area contributed by atoms with Crippen molar-refractivity contribution in [2.75, 3.05) is 0 Å². The van der Waals surface area contributed by atoms with Gasteiger partial charge in [0.2, 0.25) is 17.7 Å². The Hall–Kier alpha value is -2.48. The number of carbonyl (C=O) groups is 1. The average Bonchev–Trinajstić information content (AvgIpc) is 3.26. The van der Waals surface area contributed by atoms with Crippen molar-refractivity contribution in [3.8, 4) is 11.5 Å². The normalized spacial score (nSPS) is 12.2. The molecule has 0 bridgehead atoms. The van der Waals surface area contributed by atoms with Crippen molar-refractivity contribution in [2.24, 2.45) is 0 Å². The van der Waals surface area contributed by atoms with Crippen LogP contribution in [0.2, 0.25) is 0 Å². The maximum Gasteiger partial charge on any atom is 0.248 e. The third-order valence-electron chi connectivity index (χ3n) is 3.25. The second kappa shape index (κ2) is 7.19. The van der Waals surface area contributed by atoms with Crippen molar-refractivity contribution in [1.29, 1.82) is 0 Å². The molecule has 23 heavy (non-hydrogen) atoms. The van der Waals surface area contributed by atoms with Gasteiger partial charge >= 0.3 is 0 Å². The lowest BCUT2D eigenvalue weighted by molar-refractivity contribution is -0.121. The molecule has 1 amide bonds. The number of thiophene rings is 1. The molecule has 1 N–H and O–H groups in total. The largest absolute Gasteiger partial charge is 0.421 e. The SMILES string of the molecule is C[C@@H](Cn1ccnc1)NC(=O)CCc1nnc(-c2ccsc2)o1. The molecule has 0 saturated carbocycles. The van der Waals surface area contributed by atoms with E-state index >= 15 is 0 Å². The fourth-order valence-electron chi connectivity index (χ4n) is 2.18. The summed E-state index contributed by atoms with van der Waals surface area (Å²) >= 11 is 1.57. The lowest BCUT2D eigenvalue weighted by atomic mass is 10.2. The molecular weight excluding hydrogens is 314 g/mol. The fourth-order valence-corrected chi connectivity index (χ4v) is 2.81. The van der Waals surface area contributed by atoms with Crippen LogP contribution in [-0.2, 0) is 17.8 Å². The van der Waals surface area contributed by atoms with Crippen LogP contribution < -0.4 is 5.32 Å². The number of hydrogen-bond acceptors (Lipinski definition) is 6. The summed E-state index contributed by atoms with van der Waals surface area (Å²) in [6.45, 7) is 2.65. The van der Waals surface area contributed by atoms with Gasteiger partial charge in [-0.25, -0.2) is 4.98 Å². The third kappa shape index (κ3) is 4.26. The van der Waals surface area contributed by atoms with Gasteiger partial charge in [-0.1, -0.05) is 0 Å². The molecule has 0 fully saturated rings. The maximum atomic E-state index is 12.0. The highest BCUT2D eigenvalue weighted by Crippen LogP contribution is 2.20. The molecule has 3 aromatic rings. The highest BCUT2D eigenvalue weighted by Gasteiger charge is 2.12. The quantitative estimate of drug-likeness (QED) is 0.717. The zero-order valence-electron chi connectivity index (χ0n) is 12.7. The van der Waals surface area contributed by atoms with Crippen LogP contribution in [0.4, 0.5) is 0 Å². The van der Waals surface area contributed by atoms with E-state index in [1.807, 2.05) is 34.5 Å². The number of nitrogens with one attached hydrogen (secondary N) is 1. The minimum Gasteiger partial charge on any atom is -0.421 e. The Morgan fingerprint density at radius 2 is 2.39 bits per heavy atom. The fraction of sp³-hybridized carbons (Fsp3) is 0.333. The molecule has 3 rings (SSSR count). The van der Waals surface area contributed by atoms with E-state index in [2.05, 4.69) is 20.5 Å². The van der Waals surface area contributed by atoms with Gasteiger partial charge in [0.25, 0.3) is 0 Å². The number of aryl methyl sites for hydroxylation is 1. The molecule has 0 aliphatic rings. The van der Waals surface area contributed by atoms with Gasteiger partial charge in [0, 0.05) is 48.8 Å². The molecule has 3 aromatic heterocycles. The van der Waals surface area contributed by atoms with Gasteiger partial charge in [-0.2, -0.15) is 11.3 Å². The van der Waals surface area contributed by atoms with Gasteiger partial charge in [0.15, 0.2) is 0 Å². The Bertz CT molecular complexity index is 736. The third-order valence-corrected chi connectivity index (χ3v) is 3.94. The Labute approximate surface area is 137 Å². The summed E-state index contributed by atoms with van der Waals surface area (Å²) < 4.78 is 7.49. The second-order valence-electron chi connectivity index (χ2n) is 5.24. The minimum atomic E-state index is -0.0344. The van der Waals surface area contributed by atoms with Crippen LogP contribution in [0, 0.1) is 0 Å². The number of imidazole rings is 1. The van der Waals surface area contributed by atoms with Crippen LogP contribution in [0.25, 0.3) is 11.5 Å². The molecule has 120 valence electrons. The van der Waals surface area contributed by atoms with Crippen LogP contribution >= 0.6 is 11.3 Å². The summed E-state index contributed by atoms with van der Waals surface area (Å²) in [5, 5.41) is 14.8. The molecule has 0 saturated heterocycles. The maximum absolute atomic E-state index is 12.0. The number of amides is 1. The summed E-state index contributed by atoms with van der Waals surface area (Å²) in [4.78, 5) is 15.9. The highest BCUT2D eigenvalue weighted by atomic mass is 32.1. The predicted octanol–water partition coefficient (Wildman–Crippen LogP) is 2.13. The Kier molecular flexibility index (Phi) is 4.82. The van der Waals surface area contributed by atoms with E-state index in [9.17, 15) is 4.79 Å². The van der Waals surface area contributed by atoms with Crippen LogP contribution in [0.1, 0.15) is 19.2 Å². The standard InChI is InChI=1S/C15H17N5O2S/c1-11(8-20-6-5-16-10-20)17-13(21)2-3-14-18-19-15(22-14)12-4-7-23-9-12/h4-7,9-11H,2-3,8H2,1H3,(H,17,21)/t11-/m0/s1. The van der Waals surface area contributed by atoms with E-state index in [0.29, 0.717) is 31.2 Å². The zero-order valence-corrected chi connectivity index (χ0v) is 13.5. The molecule has 0 radical (unpaired) electrons. The van der Waals surface area contributed by atoms with E-state index in [-0.39, 0.29) is 11.9 Å². The van der Waals surface area contributed by atoms with Gasteiger partial charge in [0.05, 0.1) is 6.33 Å². The molecular formula is C15H17N5O2S. The number of carbonyl (C=O) groups excluding carboxylic acids is 1. The number of hydrogen-bond donors (Lipinski definition) is 1. The van der Waals surface area contributed by atoms with Crippen molar-refractivity contribution >= 4 is 17.2 Å². The molecule has 7 nitrogen and oxygen atoms in total. The predicted molar refractivity (Wildman–Crippen MR) is 85.8 cm³/mol. The van der Waals surface area contributed by atoms with Gasteiger partial charge in [-0.15, -0.1) is 10.2 Å². The van der Waals surface area contributed by atoms with E-state index in [1.54, 1.807) is 23.9 Å². The molecule has 3 heterocycles. The van der Waals surface area contributed by atoms with E-state index in [1.165, 1.54) is 0 Å². The molecule has 0 aliphatic heterocycles. The summed E-state index contributed by atoms with van der Waals surface area (Å²) in [6, 6.07) is 1.95. The second-order valence-corrected chi connectivity index (χ2v) is 6.02. The molecule has 1 atom stereocenters. The monoisotopic (exact) mass is 331 g/mol. The van der Waals surface area contributed by atoms with Crippen LogP contribution in [0.5, 0.6) is 0 Å². The summed E-state index contributed by atoms with van der Waals surface area (Å²) in [7, 11) is 0. The van der Waals surface area contributed by atoms with Crippen molar-refractivity contribution in [3.05, 3.63) is 41.4 Å². The average molecular weight is 331 g/mol. The van der Waals surface area contributed by atoms with Crippen LogP contribution in [-0.4, -0.2) is 31.7 Å². The van der Waals surface area contributed by atoms with Crippen LogP contribution in [0.3, 0.4) is 0 Å². The summed E-state index contributed by atoms with van der Waals surface area (Å²) in [5.74, 6) is 0.937. The van der Waals surface area contributed by atoms with Gasteiger partial charge in [-0.3, -0.25) is 4.79 Å². The first-order valence-electron chi connectivity index (χ1n) is 7.31. The van der Waals surface area contributed by atoms with Crippen molar-refractivity contribution < 1.29 is 9.21 Å².